The van der Waals surface area contributed by atoms with Gasteiger partial charge in [0.2, 0.25) is 0 Å². The van der Waals surface area contributed by atoms with E-state index < -0.39 is 29.6 Å². The first kappa shape index (κ1) is 9.76. The molecule has 0 saturated heterocycles. The van der Waals surface area contributed by atoms with Crippen molar-refractivity contribution < 1.29 is 22.3 Å². The first-order chi connectivity index (χ1) is 6.06. The molecule has 0 spiro atoms. The molecule has 0 atom stereocenters. The van der Waals surface area contributed by atoms with Crippen LogP contribution in [0.15, 0.2) is 6.07 Å². The largest absolute Gasteiger partial charge is 0.479 e. The van der Waals surface area contributed by atoms with Crippen molar-refractivity contribution in [2.45, 2.75) is 6.43 Å². The van der Waals surface area contributed by atoms with E-state index in [2.05, 4.69) is 9.72 Å². The second-order valence-corrected chi connectivity index (χ2v) is 2.15. The predicted molar refractivity (Wildman–Crippen MR) is 35.7 cm³/mol. The Balaban J connectivity index is 3.22. The summed E-state index contributed by atoms with van der Waals surface area (Å²) >= 11 is 0. The maximum Gasteiger partial charge on any atom is 0.283 e. The van der Waals surface area contributed by atoms with Crippen molar-refractivity contribution in [1.29, 1.82) is 0 Å². The number of pyridine rings is 1. The molecule has 0 saturated carbocycles. The van der Waals surface area contributed by atoms with Crippen LogP contribution in [0.4, 0.5) is 17.6 Å². The quantitative estimate of drug-likeness (QED) is 0.675. The lowest BCUT2D eigenvalue weighted by Gasteiger charge is -2.04. The molecule has 0 aliphatic heterocycles. The van der Waals surface area contributed by atoms with Crippen molar-refractivity contribution in [2.75, 3.05) is 7.11 Å². The number of hydrogen-bond donors (Lipinski definition) is 0. The van der Waals surface area contributed by atoms with E-state index in [0.717, 1.165) is 7.11 Å². The van der Waals surface area contributed by atoms with Crippen molar-refractivity contribution in [3.8, 4) is 5.88 Å². The molecule has 0 N–H and O–H groups in total. The summed E-state index contributed by atoms with van der Waals surface area (Å²) < 4.78 is 53.5. The summed E-state index contributed by atoms with van der Waals surface area (Å²) in [6.07, 6.45) is -3.09. The summed E-state index contributed by atoms with van der Waals surface area (Å²) in [4.78, 5) is 2.97. The second kappa shape index (κ2) is 3.59. The van der Waals surface area contributed by atoms with Crippen molar-refractivity contribution in [1.82, 2.24) is 4.98 Å². The van der Waals surface area contributed by atoms with Gasteiger partial charge in [-0.2, -0.15) is 0 Å². The van der Waals surface area contributed by atoms with Crippen LogP contribution >= 0.6 is 0 Å². The fourth-order valence-corrected chi connectivity index (χ4v) is 0.759. The van der Waals surface area contributed by atoms with Gasteiger partial charge in [0.1, 0.15) is 5.69 Å². The van der Waals surface area contributed by atoms with E-state index in [1.54, 1.807) is 0 Å². The molecular weight excluding hydrogens is 190 g/mol. The highest BCUT2D eigenvalue weighted by Gasteiger charge is 2.19. The van der Waals surface area contributed by atoms with Gasteiger partial charge in [0.25, 0.3) is 12.3 Å². The molecule has 0 unspecified atom stereocenters. The molecule has 0 aliphatic rings. The zero-order valence-corrected chi connectivity index (χ0v) is 6.52. The molecule has 6 heteroatoms. The SMILES string of the molecule is COc1nc(C(F)F)c(F)cc1F. The van der Waals surface area contributed by atoms with Crippen LogP contribution in [0.5, 0.6) is 5.88 Å². The number of ether oxygens (including phenoxy) is 1. The zero-order chi connectivity index (χ0) is 10.0. The monoisotopic (exact) mass is 195 g/mol. The van der Waals surface area contributed by atoms with Gasteiger partial charge >= 0.3 is 0 Å². The van der Waals surface area contributed by atoms with E-state index in [1.807, 2.05) is 0 Å². The summed E-state index contributed by atoms with van der Waals surface area (Å²) in [5.41, 5.74) is -1.11. The lowest BCUT2D eigenvalue weighted by atomic mass is 10.3. The van der Waals surface area contributed by atoms with Gasteiger partial charge in [-0.3, -0.25) is 0 Å². The van der Waals surface area contributed by atoms with Crippen LogP contribution < -0.4 is 4.74 Å². The van der Waals surface area contributed by atoms with Gasteiger partial charge in [-0.15, -0.1) is 0 Å². The van der Waals surface area contributed by atoms with Crippen LogP contribution in [0.25, 0.3) is 0 Å². The maximum atomic E-state index is 12.6. The third-order valence-electron chi connectivity index (χ3n) is 1.32. The van der Waals surface area contributed by atoms with Gasteiger partial charge in [0.15, 0.2) is 11.6 Å². The third kappa shape index (κ3) is 1.88. The molecule has 0 bridgehead atoms. The van der Waals surface area contributed by atoms with E-state index in [1.165, 1.54) is 0 Å². The highest BCUT2D eigenvalue weighted by Crippen LogP contribution is 2.24. The second-order valence-electron chi connectivity index (χ2n) is 2.15. The Bertz CT molecular complexity index is 316. The van der Waals surface area contributed by atoms with Gasteiger partial charge < -0.3 is 4.74 Å². The van der Waals surface area contributed by atoms with E-state index in [4.69, 9.17) is 0 Å². The molecule has 1 aromatic heterocycles. The molecule has 1 aromatic rings. The number of nitrogens with zero attached hydrogens (tertiary/aromatic N) is 1. The van der Waals surface area contributed by atoms with Gasteiger partial charge in [0.05, 0.1) is 7.11 Å². The number of alkyl halides is 2. The molecule has 13 heavy (non-hydrogen) atoms. The minimum atomic E-state index is -3.09. The molecule has 0 aliphatic carbocycles. The number of methoxy groups -OCH3 is 1. The van der Waals surface area contributed by atoms with E-state index in [9.17, 15) is 17.6 Å². The first-order valence-corrected chi connectivity index (χ1v) is 3.24. The molecular formula is C7H5F4NO. The minimum absolute atomic E-state index is 0.313. The average molecular weight is 195 g/mol. The van der Waals surface area contributed by atoms with Gasteiger partial charge in [0, 0.05) is 6.07 Å². The van der Waals surface area contributed by atoms with Crippen LogP contribution in [0, 0.1) is 11.6 Å². The molecule has 2 nitrogen and oxygen atoms in total. The van der Waals surface area contributed by atoms with E-state index in [0.29, 0.717) is 6.07 Å². The molecule has 1 heterocycles. The van der Waals surface area contributed by atoms with Gasteiger partial charge in [-0.25, -0.2) is 22.5 Å². The lowest BCUT2D eigenvalue weighted by Crippen LogP contribution is -2.01. The summed E-state index contributed by atoms with van der Waals surface area (Å²) in [6, 6.07) is 0.313. The molecule has 72 valence electrons. The summed E-state index contributed by atoms with van der Waals surface area (Å²) in [6.45, 7) is 0. The minimum Gasteiger partial charge on any atom is -0.479 e. The molecule has 0 amide bonds. The van der Waals surface area contributed by atoms with Crippen LogP contribution in [0.1, 0.15) is 12.1 Å². The lowest BCUT2D eigenvalue weighted by molar-refractivity contribution is 0.138. The number of rotatable bonds is 2. The van der Waals surface area contributed by atoms with Crippen molar-refractivity contribution in [2.24, 2.45) is 0 Å². The Morgan fingerprint density at radius 3 is 2.38 bits per heavy atom. The highest BCUT2D eigenvalue weighted by atomic mass is 19.3. The van der Waals surface area contributed by atoms with E-state index >= 15 is 0 Å². The molecule has 0 radical (unpaired) electrons. The van der Waals surface area contributed by atoms with Crippen molar-refractivity contribution in [3.63, 3.8) is 0 Å². The molecule has 1 rings (SSSR count). The fourth-order valence-electron chi connectivity index (χ4n) is 0.759. The van der Waals surface area contributed by atoms with Gasteiger partial charge in [-0.05, 0) is 0 Å². The number of halogens is 4. The summed E-state index contributed by atoms with van der Waals surface area (Å²) in [5, 5.41) is 0. The van der Waals surface area contributed by atoms with Crippen LogP contribution in [0.3, 0.4) is 0 Å². The third-order valence-corrected chi connectivity index (χ3v) is 1.32. The molecule has 0 aromatic carbocycles. The summed E-state index contributed by atoms with van der Waals surface area (Å²) in [7, 11) is 1.05. The number of hydrogen-bond acceptors (Lipinski definition) is 2. The van der Waals surface area contributed by atoms with Crippen molar-refractivity contribution >= 4 is 0 Å². The van der Waals surface area contributed by atoms with Crippen molar-refractivity contribution in [3.05, 3.63) is 23.4 Å². The topological polar surface area (TPSA) is 22.1 Å². The standard InChI is InChI=1S/C7H5F4NO/c1-13-7-4(9)2-3(8)5(12-7)6(10)11/h2,6H,1H3. The Kier molecular flexibility index (Phi) is 2.69. The average Bonchev–Trinajstić information content (AvgIpc) is 2.03. The van der Waals surface area contributed by atoms with Crippen LogP contribution in [-0.4, -0.2) is 12.1 Å². The molecule has 0 fully saturated rings. The smallest absolute Gasteiger partial charge is 0.283 e. The number of aromatic nitrogens is 1. The normalized spacial score (nSPS) is 10.6. The van der Waals surface area contributed by atoms with Crippen LogP contribution in [-0.2, 0) is 0 Å². The maximum absolute atomic E-state index is 12.6. The first-order valence-electron chi connectivity index (χ1n) is 3.24. The Labute approximate surface area is 71.2 Å². The Morgan fingerprint density at radius 1 is 1.31 bits per heavy atom. The Morgan fingerprint density at radius 2 is 1.92 bits per heavy atom. The van der Waals surface area contributed by atoms with E-state index in [-0.39, 0.29) is 0 Å². The Hall–Kier alpha value is -1.33. The fraction of sp³-hybridized carbons (Fsp3) is 0.286. The predicted octanol–water partition coefficient (Wildman–Crippen LogP) is 2.31. The van der Waals surface area contributed by atoms with Gasteiger partial charge in [-0.1, -0.05) is 0 Å². The zero-order valence-electron chi connectivity index (χ0n) is 6.52. The highest BCUT2D eigenvalue weighted by molar-refractivity contribution is 5.20. The van der Waals surface area contributed by atoms with Crippen LogP contribution in [0.2, 0.25) is 0 Å². The summed E-state index contributed by atoms with van der Waals surface area (Å²) in [5.74, 6) is -3.13.